The zero-order chi connectivity index (χ0) is 17.0. The van der Waals surface area contributed by atoms with E-state index in [1.165, 1.54) is 0 Å². The van der Waals surface area contributed by atoms with Crippen LogP contribution in [0, 0.1) is 0 Å². The molecule has 25 heavy (non-hydrogen) atoms. The molecule has 0 saturated carbocycles. The number of aromatic nitrogens is 4. The van der Waals surface area contributed by atoms with Crippen LogP contribution in [0.25, 0.3) is 10.9 Å². The summed E-state index contributed by atoms with van der Waals surface area (Å²) in [6.07, 6.45) is 4.59. The van der Waals surface area contributed by atoms with Crippen molar-refractivity contribution >= 4 is 16.8 Å². The summed E-state index contributed by atoms with van der Waals surface area (Å²) in [5.74, 6) is 0.0717. The minimum absolute atomic E-state index is 0.0407. The van der Waals surface area contributed by atoms with Crippen molar-refractivity contribution in [3.05, 3.63) is 47.9 Å². The van der Waals surface area contributed by atoms with E-state index in [-0.39, 0.29) is 18.1 Å². The van der Waals surface area contributed by atoms with Gasteiger partial charge in [0.25, 0.3) is 5.91 Å². The number of hydrogen-bond donors (Lipinski definition) is 0. The molecule has 1 amide bonds. The van der Waals surface area contributed by atoms with Gasteiger partial charge in [-0.2, -0.15) is 0 Å². The summed E-state index contributed by atoms with van der Waals surface area (Å²) in [5, 5.41) is 9.20. The van der Waals surface area contributed by atoms with E-state index < -0.39 is 0 Å². The first kappa shape index (κ1) is 14.7. The van der Waals surface area contributed by atoms with E-state index >= 15 is 0 Å². The molecule has 0 bridgehead atoms. The maximum Gasteiger partial charge on any atom is 0.256 e. The lowest BCUT2D eigenvalue weighted by molar-refractivity contribution is -0.0604. The number of aryl methyl sites for hydroxylation is 1. The zero-order valence-electron chi connectivity index (χ0n) is 14.0. The predicted molar refractivity (Wildman–Crippen MR) is 91.1 cm³/mol. The molecule has 3 aromatic rings. The molecular formula is C18H19N5O2. The van der Waals surface area contributed by atoms with Gasteiger partial charge in [-0.15, -0.1) is 5.10 Å². The minimum Gasteiger partial charge on any atom is -0.370 e. The van der Waals surface area contributed by atoms with Crippen molar-refractivity contribution in [2.45, 2.75) is 25.2 Å². The lowest BCUT2D eigenvalue weighted by Crippen LogP contribution is -2.49. The summed E-state index contributed by atoms with van der Waals surface area (Å²) < 4.78 is 9.87. The third-order valence-corrected chi connectivity index (χ3v) is 5.34. The largest absolute Gasteiger partial charge is 0.370 e. The first-order valence-corrected chi connectivity index (χ1v) is 8.56. The minimum atomic E-state index is 0.0407. The van der Waals surface area contributed by atoms with Gasteiger partial charge in [0.2, 0.25) is 0 Å². The number of ether oxygens (including phenoxy) is 1. The Morgan fingerprint density at radius 1 is 1.32 bits per heavy atom. The summed E-state index contributed by atoms with van der Waals surface area (Å²) in [7, 11) is 1.97. The van der Waals surface area contributed by atoms with Crippen molar-refractivity contribution in [3.8, 4) is 0 Å². The summed E-state index contributed by atoms with van der Waals surface area (Å²) >= 11 is 0. The van der Waals surface area contributed by atoms with Crippen LogP contribution in [-0.4, -0.2) is 49.6 Å². The maximum atomic E-state index is 13.2. The van der Waals surface area contributed by atoms with E-state index in [1.807, 2.05) is 51.7 Å². The Labute approximate surface area is 144 Å². The molecule has 2 aromatic heterocycles. The Morgan fingerprint density at radius 2 is 2.20 bits per heavy atom. The highest BCUT2D eigenvalue weighted by Gasteiger charge is 2.38. The maximum absolute atomic E-state index is 13.2. The number of fused-ring (bicyclic) bond motifs is 4. The van der Waals surface area contributed by atoms with Crippen LogP contribution in [0.15, 0.2) is 36.7 Å². The van der Waals surface area contributed by atoms with Crippen molar-refractivity contribution < 1.29 is 9.53 Å². The van der Waals surface area contributed by atoms with Gasteiger partial charge in [0.15, 0.2) is 0 Å². The van der Waals surface area contributed by atoms with Gasteiger partial charge in [0, 0.05) is 37.2 Å². The number of benzene rings is 1. The first-order valence-electron chi connectivity index (χ1n) is 8.56. The molecule has 2 aliphatic heterocycles. The van der Waals surface area contributed by atoms with Gasteiger partial charge in [-0.1, -0.05) is 23.4 Å². The van der Waals surface area contributed by atoms with Crippen LogP contribution in [0.3, 0.4) is 0 Å². The van der Waals surface area contributed by atoms with Crippen LogP contribution in [0.4, 0.5) is 0 Å². The van der Waals surface area contributed by atoms with Gasteiger partial charge in [-0.3, -0.25) is 4.79 Å². The molecule has 1 saturated heterocycles. The van der Waals surface area contributed by atoms with Crippen molar-refractivity contribution in [1.82, 2.24) is 24.5 Å². The molecule has 7 heteroatoms. The lowest BCUT2D eigenvalue weighted by atomic mass is 9.99. The third-order valence-electron chi connectivity index (χ3n) is 5.34. The number of piperidine rings is 1. The summed E-state index contributed by atoms with van der Waals surface area (Å²) in [5.41, 5.74) is 2.80. The summed E-state index contributed by atoms with van der Waals surface area (Å²) in [6.45, 7) is 1.85. The van der Waals surface area contributed by atoms with Gasteiger partial charge in [0.05, 0.1) is 36.2 Å². The molecule has 0 aliphatic carbocycles. The molecule has 0 spiro atoms. The molecule has 128 valence electrons. The molecule has 7 nitrogen and oxygen atoms in total. The Kier molecular flexibility index (Phi) is 3.18. The van der Waals surface area contributed by atoms with Crippen LogP contribution in [-0.2, 0) is 18.4 Å². The van der Waals surface area contributed by atoms with Crippen molar-refractivity contribution in [2.75, 3.05) is 13.1 Å². The van der Waals surface area contributed by atoms with Gasteiger partial charge in [0.1, 0.15) is 0 Å². The van der Waals surface area contributed by atoms with Crippen LogP contribution in [0.2, 0.25) is 0 Å². The van der Waals surface area contributed by atoms with Crippen LogP contribution in [0.5, 0.6) is 0 Å². The van der Waals surface area contributed by atoms with Gasteiger partial charge in [-0.25, -0.2) is 4.68 Å². The first-order chi connectivity index (χ1) is 12.2. The Balaban J connectivity index is 1.47. The Morgan fingerprint density at radius 3 is 3.12 bits per heavy atom. The Bertz CT molecular complexity index is 959. The fourth-order valence-corrected chi connectivity index (χ4v) is 4.05. The average Bonchev–Trinajstić information content (AvgIpc) is 3.26. The highest BCUT2D eigenvalue weighted by molar-refractivity contribution is 6.07. The fourth-order valence-electron chi connectivity index (χ4n) is 4.05. The highest BCUT2D eigenvalue weighted by atomic mass is 16.5. The SMILES string of the molecule is Cn1cc(C(=O)N2CC[C@H]3OCc4cnnn4[C@H]3C2)c2ccccc21. The standard InChI is InChI=1S/C18H19N5O2/c1-21-9-14(13-4-2-3-5-15(13)21)18(24)22-7-6-17-16(10-22)23-12(11-25-17)8-19-20-23/h2-5,8-9,16-17H,6-7,10-11H2,1H3/t16-,17+/m0/s1. The van der Waals surface area contributed by atoms with Crippen molar-refractivity contribution in [3.63, 3.8) is 0 Å². The van der Waals surface area contributed by atoms with E-state index in [9.17, 15) is 4.79 Å². The molecular weight excluding hydrogens is 318 g/mol. The molecule has 2 aliphatic rings. The van der Waals surface area contributed by atoms with E-state index in [0.29, 0.717) is 19.7 Å². The van der Waals surface area contributed by atoms with Crippen LogP contribution >= 0.6 is 0 Å². The van der Waals surface area contributed by atoms with E-state index in [4.69, 9.17) is 4.74 Å². The smallest absolute Gasteiger partial charge is 0.256 e. The number of nitrogens with zero attached hydrogens (tertiary/aromatic N) is 5. The topological polar surface area (TPSA) is 65.2 Å². The zero-order valence-corrected chi connectivity index (χ0v) is 14.0. The molecule has 5 rings (SSSR count). The van der Waals surface area contributed by atoms with Crippen LogP contribution in [0.1, 0.15) is 28.5 Å². The number of carbonyl (C=O) groups is 1. The monoisotopic (exact) mass is 337 g/mol. The van der Waals surface area contributed by atoms with Crippen LogP contribution < -0.4 is 0 Å². The Hall–Kier alpha value is -2.67. The number of likely N-dealkylation sites (tertiary alicyclic amines) is 1. The predicted octanol–water partition coefficient (Wildman–Crippen LogP) is 1.76. The normalized spacial score (nSPS) is 22.7. The average molecular weight is 337 g/mol. The van der Waals surface area contributed by atoms with Crippen molar-refractivity contribution in [1.29, 1.82) is 0 Å². The van der Waals surface area contributed by atoms with E-state index in [2.05, 4.69) is 10.3 Å². The summed E-state index contributed by atoms with van der Waals surface area (Å²) in [6, 6.07) is 8.05. The second-order valence-electron chi connectivity index (χ2n) is 6.80. The van der Waals surface area contributed by atoms with Gasteiger partial charge in [-0.05, 0) is 12.5 Å². The van der Waals surface area contributed by atoms with E-state index in [0.717, 1.165) is 28.6 Å². The number of amides is 1. The second kappa shape index (κ2) is 5.42. The summed E-state index contributed by atoms with van der Waals surface area (Å²) in [4.78, 5) is 15.1. The van der Waals surface area contributed by atoms with Gasteiger partial charge < -0.3 is 14.2 Å². The van der Waals surface area contributed by atoms with E-state index in [1.54, 1.807) is 6.20 Å². The van der Waals surface area contributed by atoms with Gasteiger partial charge >= 0.3 is 0 Å². The lowest BCUT2D eigenvalue weighted by Gasteiger charge is -2.40. The quantitative estimate of drug-likeness (QED) is 0.679. The number of rotatable bonds is 1. The molecule has 2 atom stereocenters. The number of hydrogen-bond acceptors (Lipinski definition) is 4. The molecule has 4 heterocycles. The third kappa shape index (κ3) is 2.19. The molecule has 1 aromatic carbocycles. The number of para-hydroxylation sites is 1. The molecule has 0 unspecified atom stereocenters. The highest BCUT2D eigenvalue weighted by Crippen LogP contribution is 2.31. The molecule has 0 radical (unpaired) electrons. The second-order valence-corrected chi connectivity index (χ2v) is 6.80. The number of carbonyl (C=O) groups excluding carboxylic acids is 1. The molecule has 0 N–H and O–H groups in total. The molecule has 1 fully saturated rings. The fraction of sp³-hybridized carbons (Fsp3) is 0.389. The van der Waals surface area contributed by atoms with Crippen molar-refractivity contribution in [2.24, 2.45) is 7.05 Å².